The van der Waals surface area contributed by atoms with Crippen LogP contribution in [-0.2, 0) is 0 Å². The van der Waals surface area contributed by atoms with E-state index in [1.807, 2.05) is 0 Å². The number of rotatable bonds is 4. The molecule has 2 aromatic rings. The fourth-order valence-corrected chi connectivity index (χ4v) is 3.84. The summed E-state index contributed by atoms with van der Waals surface area (Å²) in [5, 5.41) is 4.90. The lowest BCUT2D eigenvalue weighted by Crippen LogP contribution is -2.30. The first-order valence-corrected chi connectivity index (χ1v) is 8.41. The summed E-state index contributed by atoms with van der Waals surface area (Å²) in [5.74, 6) is 2.67. The molecule has 1 fully saturated rings. The molecular weight excluding hydrogens is 258 g/mol. The summed E-state index contributed by atoms with van der Waals surface area (Å²) in [4.78, 5) is 0. The number of hydrogen-bond donors (Lipinski definition) is 1. The molecule has 0 radical (unpaired) electrons. The molecular formula is C19H27NO. The summed E-state index contributed by atoms with van der Waals surface area (Å²) in [6.07, 6.45) is 5.37. The molecule has 1 aromatic heterocycles. The van der Waals surface area contributed by atoms with Crippen LogP contribution in [0.25, 0.3) is 11.0 Å². The van der Waals surface area contributed by atoms with E-state index in [-0.39, 0.29) is 0 Å². The highest BCUT2D eigenvalue weighted by molar-refractivity contribution is 5.78. The predicted octanol–water partition coefficient (Wildman–Crippen LogP) is 5.22. The molecule has 1 saturated carbocycles. The number of fused-ring (bicyclic) bond motifs is 1. The summed E-state index contributed by atoms with van der Waals surface area (Å²) < 4.78 is 6.16. The van der Waals surface area contributed by atoms with Crippen LogP contribution in [0, 0.1) is 18.8 Å². The topological polar surface area (TPSA) is 25.2 Å². The van der Waals surface area contributed by atoms with Gasteiger partial charge in [-0.3, -0.25) is 0 Å². The Morgan fingerprint density at radius 1 is 1.29 bits per heavy atom. The van der Waals surface area contributed by atoms with Gasteiger partial charge in [-0.05, 0) is 56.3 Å². The lowest BCUT2D eigenvalue weighted by atomic mass is 9.78. The van der Waals surface area contributed by atoms with Gasteiger partial charge in [-0.1, -0.05) is 38.3 Å². The van der Waals surface area contributed by atoms with Crippen molar-refractivity contribution in [1.82, 2.24) is 5.32 Å². The third kappa shape index (κ3) is 3.16. The molecule has 1 aromatic carbocycles. The second kappa shape index (κ2) is 6.23. The Balaban J connectivity index is 1.90. The van der Waals surface area contributed by atoms with Crippen LogP contribution in [0.15, 0.2) is 28.7 Å². The van der Waals surface area contributed by atoms with Gasteiger partial charge in [-0.2, -0.15) is 0 Å². The average molecular weight is 285 g/mol. The maximum atomic E-state index is 6.16. The molecule has 0 aliphatic heterocycles. The summed E-state index contributed by atoms with van der Waals surface area (Å²) >= 11 is 0. The van der Waals surface area contributed by atoms with E-state index in [1.54, 1.807) is 0 Å². The van der Waals surface area contributed by atoms with Crippen molar-refractivity contribution in [2.75, 3.05) is 6.54 Å². The Hall–Kier alpha value is -1.28. The third-order valence-corrected chi connectivity index (χ3v) is 4.87. The highest BCUT2D eigenvalue weighted by atomic mass is 16.3. The smallest absolute Gasteiger partial charge is 0.134 e. The highest BCUT2D eigenvalue weighted by Crippen LogP contribution is 2.38. The molecule has 3 unspecified atom stereocenters. The Morgan fingerprint density at radius 3 is 2.90 bits per heavy atom. The minimum absolute atomic E-state index is 0.366. The number of benzene rings is 1. The van der Waals surface area contributed by atoms with Crippen molar-refractivity contribution < 1.29 is 4.42 Å². The van der Waals surface area contributed by atoms with Gasteiger partial charge >= 0.3 is 0 Å². The normalized spacial score (nSPS) is 24.3. The summed E-state index contributed by atoms with van der Waals surface area (Å²) in [6.45, 7) is 7.70. The van der Waals surface area contributed by atoms with Crippen LogP contribution in [0.4, 0.5) is 0 Å². The Labute approximate surface area is 127 Å². The number of aryl methyl sites for hydroxylation is 1. The maximum Gasteiger partial charge on any atom is 0.134 e. The minimum Gasteiger partial charge on any atom is -0.459 e. The molecule has 2 nitrogen and oxygen atoms in total. The van der Waals surface area contributed by atoms with Gasteiger partial charge in [0.1, 0.15) is 11.3 Å². The molecule has 1 aliphatic rings. The lowest BCUT2D eigenvalue weighted by molar-refractivity contribution is 0.209. The predicted molar refractivity (Wildman–Crippen MR) is 88.5 cm³/mol. The summed E-state index contributed by atoms with van der Waals surface area (Å²) in [7, 11) is 0. The van der Waals surface area contributed by atoms with Crippen LogP contribution in [0.3, 0.4) is 0 Å². The fraction of sp³-hybridized carbons (Fsp3) is 0.579. The van der Waals surface area contributed by atoms with Gasteiger partial charge in [0.05, 0.1) is 6.04 Å². The number of nitrogens with one attached hydrogen (secondary N) is 1. The summed E-state index contributed by atoms with van der Waals surface area (Å²) in [6, 6.07) is 9.05. The molecule has 0 amide bonds. The first kappa shape index (κ1) is 14.6. The van der Waals surface area contributed by atoms with Gasteiger partial charge in [0, 0.05) is 5.39 Å². The van der Waals surface area contributed by atoms with Crippen LogP contribution in [0.5, 0.6) is 0 Å². The zero-order chi connectivity index (χ0) is 14.8. The van der Waals surface area contributed by atoms with Crippen molar-refractivity contribution in [1.29, 1.82) is 0 Å². The molecule has 1 heterocycles. The van der Waals surface area contributed by atoms with E-state index in [0.29, 0.717) is 12.0 Å². The molecule has 1 N–H and O–H groups in total. The largest absolute Gasteiger partial charge is 0.459 e. The lowest BCUT2D eigenvalue weighted by Gasteiger charge is -2.32. The second-order valence-corrected chi connectivity index (χ2v) is 6.76. The van der Waals surface area contributed by atoms with Crippen molar-refractivity contribution in [3.05, 3.63) is 35.6 Å². The zero-order valence-corrected chi connectivity index (χ0v) is 13.5. The Kier molecular flexibility index (Phi) is 4.34. The first-order chi connectivity index (χ1) is 10.2. The quantitative estimate of drug-likeness (QED) is 0.833. The molecule has 0 bridgehead atoms. The highest BCUT2D eigenvalue weighted by Gasteiger charge is 2.29. The zero-order valence-electron chi connectivity index (χ0n) is 13.5. The SMILES string of the molecule is CCNC(c1cc2cc(C)ccc2o1)C1CCCC(C)C1. The molecule has 3 rings (SSSR count). The fourth-order valence-electron chi connectivity index (χ4n) is 3.84. The average Bonchev–Trinajstić information content (AvgIpc) is 2.87. The van der Waals surface area contributed by atoms with Crippen molar-refractivity contribution in [2.45, 2.75) is 52.5 Å². The van der Waals surface area contributed by atoms with E-state index in [0.717, 1.165) is 23.8 Å². The first-order valence-electron chi connectivity index (χ1n) is 8.41. The summed E-state index contributed by atoms with van der Waals surface area (Å²) in [5.41, 5.74) is 2.31. The van der Waals surface area contributed by atoms with Crippen molar-refractivity contribution >= 4 is 11.0 Å². The second-order valence-electron chi connectivity index (χ2n) is 6.76. The molecule has 0 saturated heterocycles. The van der Waals surface area contributed by atoms with E-state index in [2.05, 4.69) is 50.4 Å². The van der Waals surface area contributed by atoms with Crippen LogP contribution >= 0.6 is 0 Å². The van der Waals surface area contributed by atoms with E-state index in [4.69, 9.17) is 4.42 Å². The van der Waals surface area contributed by atoms with Gasteiger partial charge in [0.2, 0.25) is 0 Å². The van der Waals surface area contributed by atoms with E-state index >= 15 is 0 Å². The van der Waals surface area contributed by atoms with E-state index in [9.17, 15) is 0 Å². The van der Waals surface area contributed by atoms with Crippen LogP contribution in [0.1, 0.15) is 56.9 Å². The van der Waals surface area contributed by atoms with Crippen molar-refractivity contribution in [3.63, 3.8) is 0 Å². The van der Waals surface area contributed by atoms with Crippen LogP contribution in [-0.4, -0.2) is 6.54 Å². The number of hydrogen-bond acceptors (Lipinski definition) is 2. The third-order valence-electron chi connectivity index (χ3n) is 4.87. The number of furan rings is 1. The molecule has 0 spiro atoms. The van der Waals surface area contributed by atoms with Crippen LogP contribution < -0.4 is 5.32 Å². The van der Waals surface area contributed by atoms with Gasteiger partial charge in [0.25, 0.3) is 0 Å². The maximum absolute atomic E-state index is 6.16. The van der Waals surface area contributed by atoms with Crippen molar-refractivity contribution in [3.8, 4) is 0 Å². The molecule has 3 atom stereocenters. The van der Waals surface area contributed by atoms with Crippen LogP contribution in [0.2, 0.25) is 0 Å². The van der Waals surface area contributed by atoms with E-state index in [1.165, 1.54) is 36.6 Å². The van der Waals surface area contributed by atoms with Gasteiger partial charge in [-0.15, -0.1) is 0 Å². The molecule has 114 valence electrons. The molecule has 1 aliphatic carbocycles. The molecule has 21 heavy (non-hydrogen) atoms. The Bertz CT molecular complexity index is 601. The van der Waals surface area contributed by atoms with E-state index < -0.39 is 0 Å². The Morgan fingerprint density at radius 2 is 2.14 bits per heavy atom. The standard InChI is InChI=1S/C19H27NO/c1-4-20-19(15-7-5-6-13(2)10-15)18-12-16-11-14(3)8-9-17(16)21-18/h8-9,11-13,15,19-20H,4-7,10H2,1-3H3. The minimum atomic E-state index is 0.366. The van der Waals surface area contributed by atoms with Crippen molar-refractivity contribution in [2.24, 2.45) is 11.8 Å². The van der Waals surface area contributed by atoms with Gasteiger partial charge < -0.3 is 9.73 Å². The molecule has 2 heteroatoms. The monoisotopic (exact) mass is 285 g/mol. The van der Waals surface area contributed by atoms with Gasteiger partial charge in [-0.25, -0.2) is 0 Å². The van der Waals surface area contributed by atoms with Gasteiger partial charge in [0.15, 0.2) is 0 Å².